The lowest BCUT2D eigenvalue weighted by molar-refractivity contribution is -0.0849. The zero-order valence-corrected chi connectivity index (χ0v) is 15.9. The summed E-state index contributed by atoms with van der Waals surface area (Å²) in [7, 11) is 0. The van der Waals surface area contributed by atoms with E-state index in [2.05, 4.69) is 64.5 Å². The first-order chi connectivity index (χ1) is 13.1. The quantitative estimate of drug-likeness (QED) is 0.692. The first-order valence-electron chi connectivity index (χ1n) is 9.41. The Bertz CT molecular complexity index is 878. The highest BCUT2D eigenvalue weighted by Gasteiger charge is 2.41. The van der Waals surface area contributed by atoms with Crippen LogP contribution in [-0.2, 0) is 16.7 Å². The highest BCUT2D eigenvalue weighted by atomic mass is 16.5. The second-order valence-electron chi connectivity index (χ2n) is 7.93. The molecule has 27 heavy (non-hydrogen) atoms. The van der Waals surface area contributed by atoms with E-state index in [-0.39, 0.29) is 11.0 Å². The summed E-state index contributed by atoms with van der Waals surface area (Å²) in [6.45, 7) is 5.97. The highest BCUT2D eigenvalue weighted by molar-refractivity contribution is 5.54. The molecule has 0 aliphatic carbocycles. The molecule has 4 rings (SSSR count). The molecule has 6 nitrogen and oxygen atoms in total. The minimum atomic E-state index is -0.122. The average Bonchev–Trinajstić information content (AvgIpc) is 3.16. The third-order valence-electron chi connectivity index (χ3n) is 5.44. The predicted molar refractivity (Wildman–Crippen MR) is 103 cm³/mol. The molecule has 0 spiro atoms. The van der Waals surface area contributed by atoms with Crippen LogP contribution in [0.2, 0.25) is 0 Å². The van der Waals surface area contributed by atoms with Gasteiger partial charge in [0.05, 0.1) is 11.8 Å². The van der Waals surface area contributed by atoms with Crippen molar-refractivity contribution >= 4 is 0 Å². The normalized spacial score (nSPS) is 21.9. The van der Waals surface area contributed by atoms with Crippen LogP contribution in [0.25, 0.3) is 11.3 Å². The van der Waals surface area contributed by atoms with Gasteiger partial charge in [-0.15, -0.1) is 5.10 Å². The maximum Gasteiger partial charge on any atom is 0.116 e. The Labute approximate surface area is 159 Å². The molecule has 1 atom stereocenters. The fourth-order valence-corrected chi connectivity index (χ4v) is 4.17. The molecule has 1 aromatic carbocycles. The SMILES string of the molecule is CC1(C)C[C@](CCn2cc(-c3cncnc3)nn2)(c2ccccc2)CCO1. The number of hydrogen-bond acceptors (Lipinski definition) is 5. The molecule has 1 aliphatic rings. The molecule has 1 aliphatic heterocycles. The minimum Gasteiger partial charge on any atom is -0.376 e. The zero-order valence-electron chi connectivity index (χ0n) is 15.9. The molecule has 0 radical (unpaired) electrons. The smallest absolute Gasteiger partial charge is 0.116 e. The number of nitrogens with zero attached hydrogens (tertiary/aromatic N) is 5. The maximum absolute atomic E-state index is 6.01. The molecule has 3 aromatic rings. The van der Waals surface area contributed by atoms with Crippen LogP contribution in [0.1, 0.15) is 38.7 Å². The molecule has 0 bridgehead atoms. The Morgan fingerprint density at radius 2 is 1.89 bits per heavy atom. The van der Waals surface area contributed by atoms with E-state index in [1.807, 2.05) is 10.9 Å². The van der Waals surface area contributed by atoms with Crippen molar-refractivity contribution in [1.29, 1.82) is 0 Å². The van der Waals surface area contributed by atoms with E-state index < -0.39 is 0 Å². The average molecular weight is 363 g/mol. The van der Waals surface area contributed by atoms with Crippen molar-refractivity contribution in [3.05, 3.63) is 60.8 Å². The third kappa shape index (κ3) is 3.90. The standard InChI is InChI=1S/C21H25N5O/c1-20(2)15-21(9-11-27-20,18-6-4-3-5-7-18)8-10-26-14-19(24-25-26)17-12-22-16-23-13-17/h3-7,12-14,16H,8-11,15H2,1-2H3/t21-/m1/s1. The number of ether oxygens (including phenoxy) is 1. The Kier molecular flexibility index (Phi) is 4.74. The summed E-state index contributed by atoms with van der Waals surface area (Å²) in [5.74, 6) is 0. The van der Waals surface area contributed by atoms with Gasteiger partial charge >= 0.3 is 0 Å². The monoisotopic (exact) mass is 363 g/mol. The van der Waals surface area contributed by atoms with Crippen LogP contribution in [0, 0.1) is 0 Å². The lowest BCUT2D eigenvalue weighted by Gasteiger charge is -2.45. The van der Waals surface area contributed by atoms with Crippen molar-refractivity contribution in [2.45, 2.75) is 50.7 Å². The van der Waals surface area contributed by atoms with Crippen LogP contribution in [-0.4, -0.2) is 37.2 Å². The Morgan fingerprint density at radius 3 is 2.63 bits per heavy atom. The van der Waals surface area contributed by atoms with Crippen LogP contribution in [0.15, 0.2) is 55.2 Å². The largest absolute Gasteiger partial charge is 0.376 e. The lowest BCUT2D eigenvalue weighted by atomic mass is 9.67. The highest BCUT2D eigenvalue weighted by Crippen LogP contribution is 2.44. The third-order valence-corrected chi connectivity index (χ3v) is 5.44. The lowest BCUT2D eigenvalue weighted by Crippen LogP contribution is -2.44. The summed E-state index contributed by atoms with van der Waals surface area (Å²) in [6, 6.07) is 10.8. The van der Waals surface area contributed by atoms with E-state index in [1.165, 1.54) is 11.9 Å². The van der Waals surface area contributed by atoms with Gasteiger partial charge in [0.15, 0.2) is 0 Å². The first kappa shape index (κ1) is 17.8. The van der Waals surface area contributed by atoms with Crippen molar-refractivity contribution in [1.82, 2.24) is 25.0 Å². The maximum atomic E-state index is 6.01. The summed E-state index contributed by atoms with van der Waals surface area (Å²) >= 11 is 0. The van der Waals surface area contributed by atoms with E-state index in [0.29, 0.717) is 0 Å². The van der Waals surface area contributed by atoms with Gasteiger partial charge in [-0.25, -0.2) is 9.97 Å². The summed E-state index contributed by atoms with van der Waals surface area (Å²) in [5.41, 5.74) is 3.04. The molecule has 1 fully saturated rings. The fourth-order valence-electron chi connectivity index (χ4n) is 4.17. The molecule has 2 aromatic heterocycles. The zero-order chi connectivity index (χ0) is 18.7. The van der Waals surface area contributed by atoms with Crippen LogP contribution in [0.3, 0.4) is 0 Å². The Morgan fingerprint density at radius 1 is 1.11 bits per heavy atom. The fraction of sp³-hybridized carbons (Fsp3) is 0.429. The second-order valence-corrected chi connectivity index (χ2v) is 7.93. The van der Waals surface area contributed by atoms with Crippen molar-refractivity contribution < 1.29 is 4.74 Å². The van der Waals surface area contributed by atoms with E-state index in [4.69, 9.17) is 4.74 Å². The molecule has 0 N–H and O–H groups in total. The van der Waals surface area contributed by atoms with Gasteiger partial charge in [0.2, 0.25) is 0 Å². The van der Waals surface area contributed by atoms with Crippen molar-refractivity contribution in [3.8, 4) is 11.3 Å². The number of aryl methyl sites for hydroxylation is 1. The molecule has 6 heteroatoms. The summed E-state index contributed by atoms with van der Waals surface area (Å²) in [5, 5.41) is 8.60. The summed E-state index contributed by atoms with van der Waals surface area (Å²) < 4.78 is 7.93. The minimum absolute atomic E-state index is 0.0883. The first-order valence-corrected chi connectivity index (χ1v) is 9.41. The summed E-state index contributed by atoms with van der Waals surface area (Å²) in [6.07, 6.45) is 10.0. The number of benzene rings is 1. The van der Waals surface area contributed by atoms with Gasteiger partial charge in [0.1, 0.15) is 12.0 Å². The van der Waals surface area contributed by atoms with Crippen molar-refractivity contribution in [2.75, 3.05) is 6.61 Å². The van der Waals surface area contributed by atoms with Crippen LogP contribution >= 0.6 is 0 Å². The molecule has 3 heterocycles. The van der Waals surface area contributed by atoms with Crippen molar-refractivity contribution in [2.24, 2.45) is 0 Å². The Hall–Kier alpha value is -2.60. The van der Waals surface area contributed by atoms with E-state index in [9.17, 15) is 0 Å². The van der Waals surface area contributed by atoms with Gasteiger partial charge in [0, 0.05) is 36.5 Å². The van der Waals surface area contributed by atoms with Gasteiger partial charge < -0.3 is 4.74 Å². The number of aromatic nitrogens is 5. The molecule has 0 saturated carbocycles. The van der Waals surface area contributed by atoms with Crippen LogP contribution < -0.4 is 0 Å². The number of rotatable bonds is 5. The molecule has 0 amide bonds. The molecule has 0 unspecified atom stereocenters. The van der Waals surface area contributed by atoms with Gasteiger partial charge in [-0.3, -0.25) is 4.68 Å². The van der Waals surface area contributed by atoms with Gasteiger partial charge in [-0.1, -0.05) is 35.5 Å². The van der Waals surface area contributed by atoms with E-state index in [0.717, 1.165) is 43.7 Å². The molecular formula is C21H25N5O. The number of hydrogen-bond donors (Lipinski definition) is 0. The topological polar surface area (TPSA) is 65.7 Å². The van der Waals surface area contributed by atoms with Gasteiger partial charge in [0.25, 0.3) is 0 Å². The van der Waals surface area contributed by atoms with Crippen molar-refractivity contribution in [3.63, 3.8) is 0 Å². The molecule has 140 valence electrons. The van der Waals surface area contributed by atoms with Gasteiger partial charge in [-0.05, 0) is 38.7 Å². The van der Waals surface area contributed by atoms with Crippen LogP contribution in [0.5, 0.6) is 0 Å². The molecular weight excluding hydrogens is 338 g/mol. The predicted octanol–water partition coefficient (Wildman–Crippen LogP) is 3.65. The summed E-state index contributed by atoms with van der Waals surface area (Å²) in [4.78, 5) is 8.11. The Balaban J connectivity index is 1.56. The van der Waals surface area contributed by atoms with Crippen LogP contribution in [0.4, 0.5) is 0 Å². The second kappa shape index (κ2) is 7.19. The molecule has 1 saturated heterocycles. The van der Waals surface area contributed by atoms with Gasteiger partial charge in [-0.2, -0.15) is 0 Å². The van der Waals surface area contributed by atoms with E-state index >= 15 is 0 Å². The van der Waals surface area contributed by atoms with E-state index in [1.54, 1.807) is 12.4 Å².